The first kappa shape index (κ1) is 19.7. The molecule has 2 aromatic carbocycles. The van der Waals surface area contributed by atoms with E-state index in [1.165, 1.54) is 25.3 Å². The molecule has 0 bridgehead atoms. The third kappa shape index (κ3) is 4.44. The summed E-state index contributed by atoms with van der Waals surface area (Å²) in [6.07, 6.45) is 0. The normalized spacial score (nSPS) is 14.2. The van der Waals surface area contributed by atoms with E-state index in [0.29, 0.717) is 31.7 Å². The van der Waals surface area contributed by atoms with Gasteiger partial charge in [-0.2, -0.15) is 8.78 Å². The van der Waals surface area contributed by atoms with E-state index < -0.39 is 6.61 Å². The van der Waals surface area contributed by atoms with Crippen molar-refractivity contribution in [2.45, 2.75) is 6.61 Å². The topological polar surface area (TPSA) is 51.2 Å². The van der Waals surface area contributed by atoms with Crippen LogP contribution in [0.1, 0.15) is 10.4 Å². The molecule has 2 aromatic rings. The monoisotopic (exact) mass is 392 g/mol. The number of benzene rings is 2. The van der Waals surface area contributed by atoms with Crippen molar-refractivity contribution in [3.63, 3.8) is 0 Å². The van der Waals surface area contributed by atoms with Crippen LogP contribution in [0.4, 0.5) is 14.5 Å². The Morgan fingerprint density at radius 2 is 1.61 bits per heavy atom. The van der Waals surface area contributed by atoms with Crippen molar-refractivity contribution in [3.8, 4) is 17.2 Å². The third-order valence-corrected chi connectivity index (χ3v) is 4.63. The molecule has 0 aromatic heterocycles. The maximum Gasteiger partial charge on any atom is 0.387 e. The minimum Gasteiger partial charge on any atom is -0.497 e. The molecule has 6 nitrogen and oxygen atoms in total. The van der Waals surface area contributed by atoms with E-state index in [1.54, 1.807) is 12.0 Å². The number of nitrogens with zero attached hydrogens (tertiary/aromatic N) is 2. The van der Waals surface area contributed by atoms with E-state index in [1.807, 2.05) is 24.3 Å². The molecule has 1 aliphatic heterocycles. The van der Waals surface area contributed by atoms with Crippen molar-refractivity contribution in [2.24, 2.45) is 0 Å². The second kappa shape index (κ2) is 8.77. The molecule has 1 amide bonds. The van der Waals surface area contributed by atoms with Crippen molar-refractivity contribution in [2.75, 3.05) is 45.3 Å². The van der Waals surface area contributed by atoms with Crippen LogP contribution in [-0.2, 0) is 0 Å². The number of alkyl halides is 2. The van der Waals surface area contributed by atoms with Gasteiger partial charge in [-0.1, -0.05) is 0 Å². The first-order valence-corrected chi connectivity index (χ1v) is 8.83. The number of carbonyl (C=O) groups excluding carboxylic acids is 1. The van der Waals surface area contributed by atoms with Crippen LogP contribution in [0.25, 0.3) is 0 Å². The molecule has 0 atom stereocenters. The van der Waals surface area contributed by atoms with E-state index in [2.05, 4.69) is 9.64 Å². The maximum atomic E-state index is 12.8. The van der Waals surface area contributed by atoms with Gasteiger partial charge in [0.05, 0.1) is 14.2 Å². The van der Waals surface area contributed by atoms with Crippen LogP contribution in [0.15, 0.2) is 42.5 Å². The van der Waals surface area contributed by atoms with Gasteiger partial charge >= 0.3 is 6.61 Å². The number of carbonyl (C=O) groups is 1. The molecule has 1 heterocycles. The summed E-state index contributed by atoms with van der Waals surface area (Å²) in [6, 6.07) is 12.0. The fraction of sp³-hybridized carbons (Fsp3) is 0.350. The molecule has 8 heteroatoms. The molecule has 1 fully saturated rings. The Morgan fingerprint density at radius 3 is 2.18 bits per heavy atom. The number of hydrogen-bond donors (Lipinski definition) is 0. The molecule has 3 rings (SSSR count). The summed E-state index contributed by atoms with van der Waals surface area (Å²) in [5.41, 5.74) is 1.44. The number of anilines is 1. The minimum atomic E-state index is -2.96. The summed E-state index contributed by atoms with van der Waals surface area (Å²) in [4.78, 5) is 16.7. The van der Waals surface area contributed by atoms with Crippen LogP contribution in [0.3, 0.4) is 0 Å². The molecule has 28 heavy (non-hydrogen) atoms. The Balaban J connectivity index is 1.64. The first-order valence-electron chi connectivity index (χ1n) is 8.83. The number of amides is 1. The lowest BCUT2D eigenvalue weighted by Crippen LogP contribution is -2.48. The molecule has 0 N–H and O–H groups in total. The van der Waals surface area contributed by atoms with Crippen molar-refractivity contribution in [3.05, 3.63) is 48.0 Å². The lowest BCUT2D eigenvalue weighted by Gasteiger charge is -2.36. The van der Waals surface area contributed by atoms with Crippen molar-refractivity contribution in [1.82, 2.24) is 4.90 Å². The summed E-state index contributed by atoms with van der Waals surface area (Å²) < 4.78 is 39.5. The second-order valence-electron chi connectivity index (χ2n) is 6.22. The largest absolute Gasteiger partial charge is 0.497 e. The SMILES string of the molecule is COc1ccc(N2CCN(C(=O)c3ccc(OC(F)F)c(OC)c3)CC2)cc1. The van der Waals surface area contributed by atoms with Gasteiger partial charge in [0.15, 0.2) is 11.5 Å². The summed E-state index contributed by atoms with van der Waals surface area (Å²) >= 11 is 0. The molecular formula is C20H22F2N2O4. The zero-order valence-electron chi connectivity index (χ0n) is 15.7. The number of halogens is 2. The van der Waals surface area contributed by atoms with Gasteiger partial charge in [-0.3, -0.25) is 4.79 Å². The molecule has 1 aliphatic rings. The van der Waals surface area contributed by atoms with Crippen LogP contribution >= 0.6 is 0 Å². The quantitative estimate of drug-likeness (QED) is 0.755. The van der Waals surface area contributed by atoms with Crippen molar-refractivity contribution >= 4 is 11.6 Å². The molecule has 0 aliphatic carbocycles. The van der Waals surface area contributed by atoms with E-state index in [-0.39, 0.29) is 17.4 Å². The highest BCUT2D eigenvalue weighted by molar-refractivity contribution is 5.95. The molecule has 0 radical (unpaired) electrons. The number of hydrogen-bond acceptors (Lipinski definition) is 5. The predicted octanol–water partition coefficient (Wildman–Crippen LogP) is 3.27. The van der Waals surface area contributed by atoms with Gasteiger partial charge in [-0.05, 0) is 42.5 Å². The molecule has 0 unspecified atom stereocenters. The first-order chi connectivity index (χ1) is 13.5. The van der Waals surface area contributed by atoms with Gasteiger partial charge in [0.1, 0.15) is 5.75 Å². The summed E-state index contributed by atoms with van der Waals surface area (Å²) in [5.74, 6) is 0.628. The number of methoxy groups -OCH3 is 2. The Labute approximate surface area is 162 Å². The summed E-state index contributed by atoms with van der Waals surface area (Å²) in [7, 11) is 2.97. The van der Waals surface area contributed by atoms with E-state index in [0.717, 1.165) is 11.4 Å². The van der Waals surface area contributed by atoms with Gasteiger partial charge in [0.2, 0.25) is 0 Å². The fourth-order valence-electron chi connectivity index (χ4n) is 3.14. The van der Waals surface area contributed by atoms with Crippen LogP contribution in [-0.4, -0.2) is 57.8 Å². The Kier molecular flexibility index (Phi) is 6.18. The highest BCUT2D eigenvalue weighted by Gasteiger charge is 2.23. The van der Waals surface area contributed by atoms with Crippen molar-refractivity contribution < 1.29 is 27.8 Å². The van der Waals surface area contributed by atoms with Gasteiger partial charge in [0.25, 0.3) is 5.91 Å². The maximum absolute atomic E-state index is 12.8. The molecular weight excluding hydrogens is 370 g/mol. The molecule has 0 saturated carbocycles. The zero-order valence-corrected chi connectivity index (χ0v) is 15.7. The Bertz CT molecular complexity index is 806. The second-order valence-corrected chi connectivity index (χ2v) is 6.22. The van der Waals surface area contributed by atoms with Gasteiger partial charge < -0.3 is 24.0 Å². The average molecular weight is 392 g/mol. The summed E-state index contributed by atoms with van der Waals surface area (Å²) in [5, 5.41) is 0. The third-order valence-electron chi connectivity index (χ3n) is 4.63. The highest BCUT2D eigenvalue weighted by atomic mass is 19.3. The predicted molar refractivity (Wildman–Crippen MR) is 101 cm³/mol. The van der Waals surface area contributed by atoms with Crippen molar-refractivity contribution in [1.29, 1.82) is 0 Å². The van der Waals surface area contributed by atoms with Gasteiger partial charge in [-0.25, -0.2) is 0 Å². The molecule has 0 spiro atoms. The highest BCUT2D eigenvalue weighted by Crippen LogP contribution is 2.30. The van der Waals surface area contributed by atoms with Crippen LogP contribution in [0.2, 0.25) is 0 Å². The Hall–Kier alpha value is -3.03. The number of ether oxygens (including phenoxy) is 3. The van der Waals surface area contributed by atoms with Crippen LogP contribution < -0.4 is 19.1 Å². The lowest BCUT2D eigenvalue weighted by atomic mass is 10.1. The van der Waals surface area contributed by atoms with Crippen LogP contribution in [0.5, 0.6) is 17.2 Å². The minimum absolute atomic E-state index is 0.0987. The van der Waals surface area contributed by atoms with E-state index in [9.17, 15) is 13.6 Å². The summed E-state index contributed by atoms with van der Waals surface area (Å²) in [6.45, 7) is -0.449. The fourth-order valence-corrected chi connectivity index (χ4v) is 3.14. The number of piperazine rings is 1. The van der Waals surface area contributed by atoms with E-state index in [4.69, 9.17) is 9.47 Å². The van der Waals surface area contributed by atoms with Gasteiger partial charge in [0, 0.05) is 37.4 Å². The number of rotatable bonds is 6. The standard InChI is InChI=1S/C20H22F2N2O4/c1-26-16-6-4-15(5-7-16)23-9-11-24(12-10-23)19(25)14-3-8-17(28-20(21)22)18(13-14)27-2/h3-8,13,20H,9-12H2,1-2H3. The molecule has 150 valence electrons. The smallest absolute Gasteiger partial charge is 0.387 e. The van der Waals surface area contributed by atoms with Crippen LogP contribution in [0, 0.1) is 0 Å². The Morgan fingerprint density at radius 1 is 0.929 bits per heavy atom. The van der Waals surface area contributed by atoms with Gasteiger partial charge in [-0.15, -0.1) is 0 Å². The molecule has 1 saturated heterocycles. The van der Waals surface area contributed by atoms with E-state index >= 15 is 0 Å². The zero-order chi connectivity index (χ0) is 20.1. The average Bonchev–Trinajstić information content (AvgIpc) is 2.73. The lowest BCUT2D eigenvalue weighted by molar-refractivity contribution is -0.0512.